The number of hydrogen-bond donors (Lipinski definition) is 2. The molecule has 0 saturated heterocycles. The summed E-state index contributed by atoms with van der Waals surface area (Å²) in [6, 6.07) is -0.134. The van der Waals surface area contributed by atoms with E-state index >= 15 is 0 Å². The minimum atomic E-state index is -1.51. The normalized spacial score (nSPS) is 12.9. The Morgan fingerprint density at radius 1 is 1.38 bits per heavy atom. The third kappa shape index (κ3) is 5.56. The van der Waals surface area contributed by atoms with Crippen LogP contribution in [0.15, 0.2) is 27.7 Å². The van der Waals surface area contributed by atoms with E-state index < -0.39 is 48.3 Å². The molecule has 0 saturated carbocycles. The highest BCUT2D eigenvalue weighted by atomic mass is 19.1. The molecule has 2 rings (SSSR count). The number of nitrogens with one attached hydrogen (secondary N) is 1. The molecule has 2 aromatic heterocycles. The maximum Gasteiger partial charge on any atom is 0.305 e. The number of nitrogens with zero attached hydrogens (tertiary/aromatic N) is 3. The number of amides is 1. The molecule has 0 radical (unpaired) electrons. The summed E-state index contributed by atoms with van der Waals surface area (Å²) in [5.41, 5.74) is 0.0468. The lowest BCUT2D eigenvalue weighted by Crippen LogP contribution is -2.45. The zero-order valence-corrected chi connectivity index (χ0v) is 15.9. The molecule has 10 nitrogen and oxygen atoms in total. The van der Waals surface area contributed by atoms with Crippen LogP contribution in [-0.2, 0) is 20.9 Å². The summed E-state index contributed by atoms with van der Waals surface area (Å²) in [6.45, 7) is 1.93. The van der Waals surface area contributed by atoms with Crippen molar-refractivity contribution in [2.75, 3.05) is 6.67 Å². The number of oxazole rings is 1. The summed E-state index contributed by atoms with van der Waals surface area (Å²) in [6.07, 6.45) is 2.18. The average molecular weight is 408 g/mol. The van der Waals surface area contributed by atoms with Gasteiger partial charge in [-0.2, -0.15) is 5.10 Å². The van der Waals surface area contributed by atoms with Crippen LogP contribution in [0.2, 0.25) is 0 Å². The van der Waals surface area contributed by atoms with Crippen molar-refractivity contribution in [2.24, 2.45) is 0 Å². The van der Waals surface area contributed by atoms with Gasteiger partial charge in [-0.25, -0.2) is 14.1 Å². The molecule has 2 heterocycles. The third-order valence-electron chi connectivity index (χ3n) is 4.24. The number of Topliss-reactive ketones (excluding diaryl/α,β-unsaturated/α-hetero) is 1. The molecule has 2 unspecified atom stereocenters. The van der Waals surface area contributed by atoms with Gasteiger partial charge < -0.3 is 14.8 Å². The lowest BCUT2D eigenvalue weighted by Gasteiger charge is -2.20. The Hall–Kier alpha value is -3.37. The van der Waals surface area contributed by atoms with Crippen LogP contribution in [0, 0.1) is 6.92 Å². The number of carboxylic acid groups (broad SMARTS) is 1. The van der Waals surface area contributed by atoms with Crippen LogP contribution >= 0.6 is 0 Å². The van der Waals surface area contributed by atoms with Crippen molar-refractivity contribution in [1.82, 2.24) is 20.1 Å². The van der Waals surface area contributed by atoms with Crippen molar-refractivity contribution in [3.05, 3.63) is 46.0 Å². The summed E-state index contributed by atoms with van der Waals surface area (Å²) >= 11 is 0. The molecule has 2 aromatic rings. The van der Waals surface area contributed by atoms with E-state index in [1.165, 1.54) is 18.5 Å². The lowest BCUT2D eigenvalue weighted by atomic mass is 9.96. The number of halogens is 1. The Balaban J connectivity index is 2.27. The molecular formula is C18H21FN4O6. The van der Waals surface area contributed by atoms with Crippen molar-refractivity contribution in [3.63, 3.8) is 0 Å². The predicted octanol–water partition coefficient (Wildman–Crippen LogP) is 0.580. The first-order chi connectivity index (χ1) is 13.8. The fraction of sp³-hybridized carbons (Fsp3) is 0.444. The maximum absolute atomic E-state index is 12.8. The molecule has 11 heteroatoms. The Kier molecular flexibility index (Phi) is 7.34. The van der Waals surface area contributed by atoms with Gasteiger partial charge in [-0.05, 0) is 12.5 Å². The average Bonchev–Trinajstić information content (AvgIpc) is 3.08. The molecule has 2 atom stereocenters. The zero-order valence-electron chi connectivity index (χ0n) is 15.9. The molecule has 0 aromatic carbocycles. The maximum atomic E-state index is 12.8. The molecule has 156 valence electrons. The molecule has 0 fully saturated rings. The van der Waals surface area contributed by atoms with Crippen LogP contribution in [0.1, 0.15) is 42.8 Å². The quantitative estimate of drug-likeness (QED) is 0.581. The minimum absolute atomic E-state index is 0.0318. The van der Waals surface area contributed by atoms with E-state index in [9.17, 15) is 23.6 Å². The van der Waals surface area contributed by atoms with Crippen molar-refractivity contribution in [1.29, 1.82) is 0 Å². The molecule has 29 heavy (non-hydrogen) atoms. The summed E-state index contributed by atoms with van der Waals surface area (Å²) in [4.78, 5) is 52.0. The summed E-state index contributed by atoms with van der Waals surface area (Å²) in [5.74, 6) is -3.70. The van der Waals surface area contributed by atoms with E-state index in [1.54, 1.807) is 13.8 Å². The highest BCUT2D eigenvalue weighted by molar-refractivity contribution is 5.94. The number of hydrogen-bond acceptors (Lipinski definition) is 7. The van der Waals surface area contributed by atoms with Crippen molar-refractivity contribution in [3.8, 4) is 0 Å². The highest BCUT2D eigenvalue weighted by Gasteiger charge is 2.29. The molecule has 1 amide bonds. The van der Waals surface area contributed by atoms with Crippen molar-refractivity contribution in [2.45, 2.75) is 45.2 Å². The number of rotatable bonds is 10. The van der Waals surface area contributed by atoms with Gasteiger partial charge in [0.25, 0.3) is 5.56 Å². The molecule has 0 aliphatic heterocycles. The van der Waals surface area contributed by atoms with E-state index in [0.29, 0.717) is 11.6 Å². The molecule has 0 aliphatic rings. The smallest absolute Gasteiger partial charge is 0.305 e. The van der Waals surface area contributed by atoms with E-state index in [1.807, 2.05) is 0 Å². The van der Waals surface area contributed by atoms with E-state index in [2.05, 4.69) is 15.4 Å². The first-order valence-electron chi connectivity index (χ1n) is 8.84. The number of aliphatic carboxylic acids is 1. The number of aryl methyl sites for hydroxylation is 1. The molecule has 0 aliphatic carbocycles. The molecule has 0 spiro atoms. The Morgan fingerprint density at radius 2 is 2.10 bits per heavy atom. The van der Waals surface area contributed by atoms with E-state index in [4.69, 9.17) is 9.52 Å². The molecule has 2 N–H and O–H groups in total. The highest BCUT2D eigenvalue weighted by Crippen LogP contribution is 2.17. The van der Waals surface area contributed by atoms with Crippen LogP contribution in [0.25, 0.3) is 0 Å². The van der Waals surface area contributed by atoms with Crippen molar-refractivity contribution < 1.29 is 28.3 Å². The van der Waals surface area contributed by atoms with Crippen LogP contribution < -0.4 is 10.9 Å². The van der Waals surface area contributed by atoms with Gasteiger partial charge in [0.1, 0.15) is 24.7 Å². The fourth-order valence-corrected chi connectivity index (χ4v) is 2.81. The van der Waals surface area contributed by atoms with Gasteiger partial charge in [0.15, 0.2) is 11.7 Å². The SMILES string of the molecule is CCC(C(=O)NC(CC(=O)O)C(=O)CF)c1ccnn(Cc2coc(C)n2)c1=O. The topological polar surface area (TPSA) is 144 Å². The fourth-order valence-electron chi connectivity index (χ4n) is 2.81. The first-order valence-corrected chi connectivity index (χ1v) is 8.84. The number of carboxylic acids is 1. The van der Waals surface area contributed by atoms with E-state index in [-0.39, 0.29) is 18.5 Å². The zero-order chi connectivity index (χ0) is 21.6. The largest absolute Gasteiger partial charge is 0.481 e. The van der Waals surface area contributed by atoms with Crippen LogP contribution in [0.5, 0.6) is 0 Å². The first kappa shape index (κ1) is 21.9. The Morgan fingerprint density at radius 3 is 2.66 bits per heavy atom. The van der Waals surface area contributed by atoms with Crippen LogP contribution in [-0.4, -0.2) is 50.2 Å². The third-order valence-corrected chi connectivity index (χ3v) is 4.24. The number of aromatic nitrogens is 3. The summed E-state index contributed by atoms with van der Waals surface area (Å²) < 4.78 is 18.9. The van der Waals surface area contributed by atoms with Gasteiger partial charge in [0, 0.05) is 18.7 Å². The van der Waals surface area contributed by atoms with Crippen LogP contribution in [0.3, 0.4) is 0 Å². The minimum Gasteiger partial charge on any atom is -0.481 e. The van der Waals surface area contributed by atoms with Gasteiger partial charge in [-0.15, -0.1) is 0 Å². The monoisotopic (exact) mass is 408 g/mol. The lowest BCUT2D eigenvalue weighted by molar-refractivity contribution is -0.140. The van der Waals surface area contributed by atoms with E-state index in [0.717, 1.165) is 4.68 Å². The molecule has 0 bridgehead atoms. The second-order valence-corrected chi connectivity index (χ2v) is 6.33. The van der Waals surface area contributed by atoms with Gasteiger partial charge >= 0.3 is 5.97 Å². The van der Waals surface area contributed by atoms with Gasteiger partial charge in [0.05, 0.1) is 18.9 Å². The number of ketones is 1. The van der Waals surface area contributed by atoms with Gasteiger partial charge in [-0.1, -0.05) is 6.92 Å². The predicted molar refractivity (Wildman–Crippen MR) is 97.0 cm³/mol. The van der Waals surface area contributed by atoms with Crippen LogP contribution in [0.4, 0.5) is 4.39 Å². The van der Waals surface area contributed by atoms with Gasteiger partial charge in [0.2, 0.25) is 5.91 Å². The van der Waals surface area contributed by atoms with Crippen molar-refractivity contribution >= 4 is 17.7 Å². The Bertz CT molecular complexity index is 954. The molecular weight excluding hydrogens is 387 g/mol. The Labute approximate surface area is 164 Å². The van der Waals surface area contributed by atoms with Gasteiger partial charge in [-0.3, -0.25) is 19.2 Å². The second kappa shape index (κ2) is 9.71. The summed E-state index contributed by atoms with van der Waals surface area (Å²) in [5, 5.41) is 15.1. The number of carbonyl (C=O) groups excluding carboxylic acids is 2. The number of carbonyl (C=O) groups is 3. The second-order valence-electron chi connectivity index (χ2n) is 6.33. The number of alkyl halides is 1. The standard InChI is InChI=1S/C18H21FN4O6/c1-3-12(17(27)22-14(6-16(25)26)15(24)7-19)13-4-5-20-23(18(13)28)8-11-9-29-10(2)21-11/h4-5,9,12,14H,3,6-8H2,1-2H3,(H,22,27)(H,25,26). The summed E-state index contributed by atoms with van der Waals surface area (Å²) in [7, 11) is 0.